The lowest BCUT2D eigenvalue weighted by molar-refractivity contribution is 0.239. The number of rotatable bonds is 3. The Bertz CT molecular complexity index is 523. The summed E-state index contributed by atoms with van der Waals surface area (Å²) in [4.78, 5) is 4.54. The monoisotopic (exact) mass is 257 g/mol. The van der Waals surface area contributed by atoms with Crippen molar-refractivity contribution in [1.29, 1.82) is 0 Å². The van der Waals surface area contributed by atoms with E-state index < -0.39 is 0 Å². The Morgan fingerprint density at radius 1 is 1.32 bits per heavy atom. The van der Waals surface area contributed by atoms with Crippen molar-refractivity contribution in [2.75, 3.05) is 6.54 Å². The van der Waals surface area contributed by atoms with Crippen molar-refractivity contribution in [2.45, 2.75) is 32.2 Å². The quantitative estimate of drug-likeness (QED) is 0.918. The summed E-state index contributed by atoms with van der Waals surface area (Å²) in [6.45, 7) is 3.27. The Morgan fingerprint density at radius 2 is 2.16 bits per heavy atom. The molecule has 2 unspecified atom stereocenters. The third kappa shape index (κ3) is 2.84. The van der Waals surface area contributed by atoms with E-state index in [0.717, 1.165) is 24.7 Å². The van der Waals surface area contributed by atoms with Crippen LogP contribution in [0.1, 0.15) is 43.1 Å². The van der Waals surface area contributed by atoms with Gasteiger partial charge in [0.15, 0.2) is 5.82 Å². The third-order valence-electron chi connectivity index (χ3n) is 3.72. The summed E-state index contributed by atoms with van der Waals surface area (Å²) in [5.41, 5.74) is 1.21. The Morgan fingerprint density at radius 3 is 2.95 bits per heavy atom. The first-order valence-corrected chi connectivity index (χ1v) is 6.93. The van der Waals surface area contributed by atoms with Gasteiger partial charge in [0.25, 0.3) is 0 Å². The van der Waals surface area contributed by atoms with Gasteiger partial charge in [-0.25, -0.2) is 0 Å². The Kier molecular flexibility index (Phi) is 3.60. The fraction of sp³-hybridized carbons (Fsp3) is 0.467. The first-order valence-electron chi connectivity index (χ1n) is 6.93. The summed E-state index contributed by atoms with van der Waals surface area (Å²) in [5.74, 6) is 2.05. The molecule has 4 heteroatoms. The number of nitrogens with one attached hydrogen (secondary N) is 1. The van der Waals surface area contributed by atoms with Crippen LogP contribution in [0.4, 0.5) is 0 Å². The SMILES string of the molecule is CC1CCCNC1c1nc(Cc2ccccc2)no1. The molecule has 1 aromatic carbocycles. The summed E-state index contributed by atoms with van der Waals surface area (Å²) >= 11 is 0. The average Bonchev–Trinajstić information content (AvgIpc) is 2.89. The second kappa shape index (κ2) is 5.53. The molecule has 0 saturated carbocycles. The highest BCUT2D eigenvalue weighted by atomic mass is 16.5. The van der Waals surface area contributed by atoms with Gasteiger partial charge in [-0.3, -0.25) is 0 Å². The summed E-state index contributed by atoms with van der Waals surface area (Å²) in [6, 6.07) is 10.4. The Labute approximate surface area is 113 Å². The van der Waals surface area contributed by atoms with E-state index in [1.54, 1.807) is 0 Å². The number of hydrogen-bond acceptors (Lipinski definition) is 4. The lowest BCUT2D eigenvalue weighted by atomic mass is 9.93. The number of benzene rings is 1. The maximum atomic E-state index is 5.42. The highest BCUT2D eigenvalue weighted by molar-refractivity contribution is 5.18. The van der Waals surface area contributed by atoms with Crippen molar-refractivity contribution in [3.8, 4) is 0 Å². The van der Waals surface area contributed by atoms with Crippen LogP contribution in [0, 0.1) is 5.92 Å². The maximum Gasteiger partial charge on any atom is 0.244 e. The maximum absolute atomic E-state index is 5.42. The second-order valence-electron chi connectivity index (χ2n) is 5.26. The van der Waals surface area contributed by atoms with Gasteiger partial charge >= 0.3 is 0 Å². The highest BCUT2D eigenvalue weighted by Crippen LogP contribution is 2.27. The largest absolute Gasteiger partial charge is 0.338 e. The zero-order chi connectivity index (χ0) is 13.1. The summed E-state index contributed by atoms with van der Waals surface area (Å²) in [6.07, 6.45) is 3.17. The Hall–Kier alpha value is -1.68. The molecular weight excluding hydrogens is 238 g/mol. The number of aromatic nitrogens is 2. The standard InChI is InChI=1S/C15H19N3O/c1-11-6-5-9-16-14(11)15-17-13(18-19-15)10-12-7-3-2-4-8-12/h2-4,7-8,11,14,16H,5-6,9-10H2,1H3. The van der Waals surface area contributed by atoms with Gasteiger partial charge in [0.1, 0.15) is 0 Å². The minimum absolute atomic E-state index is 0.214. The molecule has 1 saturated heterocycles. The molecule has 1 fully saturated rings. The van der Waals surface area contributed by atoms with E-state index in [9.17, 15) is 0 Å². The van der Waals surface area contributed by atoms with Crippen molar-refractivity contribution >= 4 is 0 Å². The molecule has 0 amide bonds. The van der Waals surface area contributed by atoms with Crippen LogP contribution in [0.2, 0.25) is 0 Å². The third-order valence-corrected chi connectivity index (χ3v) is 3.72. The fourth-order valence-electron chi connectivity index (χ4n) is 2.62. The van der Waals surface area contributed by atoms with E-state index in [1.165, 1.54) is 18.4 Å². The van der Waals surface area contributed by atoms with E-state index >= 15 is 0 Å². The molecule has 1 aliphatic heterocycles. The van der Waals surface area contributed by atoms with Gasteiger partial charge in [-0.05, 0) is 30.9 Å². The van der Waals surface area contributed by atoms with Crippen molar-refractivity contribution in [3.63, 3.8) is 0 Å². The minimum Gasteiger partial charge on any atom is -0.338 e. The summed E-state index contributed by atoms with van der Waals surface area (Å²) in [5, 5.41) is 7.56. The van der Waals surface area contributed by atoms with Crippen molar-refractivity contribution in [2.24, 2.45) is 5.92 Å². The summed E-state index contributed by atoms with van der Waals surface area (Å²) in [7, 11) is 0. The van der Waals surface area contributed by atoms with Crippen LogP contribution in [0.15, 0.2) is 34.9 Å². The van der Waals surface area contributed by atoms with Gasteiger partial charge in [0.2, 0.25) is 5.89 Å². The van der Waals surface area contributed by atoms with Crippen molar-refractivity contribution < 1.29 is 4.52 Å². The van der Waals surface area contributed by atoms with Crippen LogP contribution in [0.5, 0.6) is 0 Å². The van der Waals surface area contributed by atoms with E-state index in [1.807, 2.05) is 18.2 Å². The molecule has 4 nitrogen and oxygen atoms in total. The molecule has 1 aromatic heterocycles. The normalized spacial score (nSPS) is 23.4. The molecule has 0 aliphatic carbocycles. The van der Waals surface area contributed by atoms with E-state index in [0.29, 0.717) is 5.92 Å². The van der Waals surface area contributed by atoms with Crippen LogP contribution < -0.4 is 5.32 Å². The van der Waals surface area contributed by atoms with Gasteiger partial charge in [0, 0.05) is 6.42 Å². The first-order chi connectivity index (χ1) is 9.33. The van der Waals surface area contributed by atoms with Gasteiger partial charge in [-0.1, -0.05) is 42.4 Å². The molecule has 0 bridgehead atoms. The molecule has 2 heterocycles. The topological polar surface area (TPSA) is 51.0 Å². The molecule has 0 spiro atoms. The minimum atomic E-state index is 0.214. The van der Waals surface area contributed by atoms with Gasteiger partial charge in [-0.2, -0.15) is 4.98 Å². The van der Waals surface area contributed by atoms with E-state index in [2.05, 4.69) is 34.5 Å². The smallest absolute Gasteiger partial charge is 0.244 e. The van der Waals surface area contributed by atoms with Gasteiger partial charge in [0.05, 0.1) is 6.04 Å². The van der Waals surface area contributed by atoms with Gasteiger partial charge < -0.3 is 9.84 Å². The summed E-state index contributed by atoms with van der Waals surface area (Å²) < 4.78 is 5.42. The van der Waals surface area contributed by atoms with Crippen LogP contribution in [0.3, 0.4) is 0 Å². The van der Waals surface area contributed by atoms with Gasteiger partial charge in [-0.15, -0.1) is 0 Å². The number of hydrogen-bond donors (Lipinski definition) is 1. The van der Waals surface area contributed by atoms with E-state index in [-0.39, 0.29) is 6.04 Å². The fourth-order valence-corrected chi connectivity index (χ4v) is 2.62. The molecule has 0 radical (unpaired) electrons. The van der Waals surface area contributed by atoms with Crippen molar-refractivity contribution in [3.05, 3.63) is 47.6 Å². The van der Waals surface area contributed by atoms with Crippen LogP contribution in [-0.4, -0.2) is 16.7 Å². The molecule has 1 aliphatic rings. The number of piperidine rings is 1. The van der Waals surface area contributed by atoms with Crippen LogP contribution in [-0.2, 0) is 6.42 Å². The lowest BCUT2D eigenvalue weighted by Crippen LogP contribution is -2.33. The Balaban J connectivity index is 1.72. The average molecular weight is 257 g/mol. The molecule has 19 heavy (non-hydrogen) atoms. The molecule has 3 rings (SSSR count). The predicted octanol–water partition coefficient (Wildman–Crippen LogP) is 2.72. The van der Waals surface area contributed by atoms with E-state index in [4.69, 9.17) is 4.52 Å². The predicted molar refractivity (Wildman–Crippen MR) is 72.7 cm³/mol. The molecule has 2 atom stereocenters. The van der Waals surface area contributed by atoms with Crippen LogP contribution in [0.25, 0.3) is 0 Å². The molecule has 100 valence electrons. The lowest BCUT2D eigenvalue weighted by Gasteiger charge is -2.26. The van der Waals surface area contributed by atoms with Crippen LogP contribution >= 0.6 is 0 Å². The molecular formula is C15H19N3O. The van der Waals surface area contributed by atoms with Crippen molar-refractivity contribution in [1.82, 2.24) is 15.5 Å². The first kappa shape index (κ1) is 12.4. The number of nitrogens with zero attached hydrogens (tertiary/aromatic N) is 2. The molecule has 1 N–H and O–H groups in total. The zero-order valence-electron chi connectivity index (χ0n) is 11.2. The molecule has 2 aromatic rings. The zero-order valence-corrected chi connectivity index (χ0v) is 11.2. The highest BCUT2D eigenvalue weighted by Gasteiger charge is 2.27. The second-order valence-corrected chi connectivity index (χ2v) is 5.26.